The van der Waals surface area contributed by atoms with Crippen LogP contribution >= 0.6 is 0 Å². The molecule has 1 aliphatic rings. The molecule has 0 radical (unpaired) electrons. The average molecular weight is 396 g/mol. The topological polar surface area (TPSA) is 96.5 Å². The lowest BCUT2D eigenvalue weighted by atomic mass is 10.0. The molecule has 1 amide bonds. The summed E-state index contributed by atoms with van der Waals surface area (Å²) in [5.41, 5.74) is 6.65. The van der Waals surface area contributed by atoms with Gasteiger partial charge in [0.1, 0.15) is 5.82 Å². The summed E-state index contributed by atoms with van der Waals surface area (Å²) in [5, 5.41) is 2.81. The van der Waals surface area contributed by atoms with Gasteiger partial charge in [0.05, 0.1) is 23.1 Å². The first-order chi connectivity index (χ1) is 14.7. The minimum absolute atomic E-state index is 0.0658. The standard InChI is InChI=1S/C23H20N6O/c1-2-24-21(30)12-20-28-19-11-15(16-9-14-5-3-6-18(14)27-13-16)10-17(22(19)29-20)23-25-7-4-8-26-23/h3-5,7-11,13H,2,6,12H2,1H3,(H,24,30)(H,28,29). The summed E-state index contributed by atoms with van der Waals surface area (Å²) in [5.74, 6) is 1.14. The van der Waals surface area contributed by atoms with Crippen molar-refractivity contribution in [3.63, 3.8) is 0 Å². The molecule has 5 rings (SSSR count). The van der Waals surface area contributed by atoms with Gasteiger partial charge in [-0.25, -0.2) is 15.0 Å². The van der Waals surface area contributed by atoms with Crippen molar-refractivity contribution in [1.29, 1.82) is 0 Å². The van der Waals surface area contributed by atoms with Crippen LogP contribution in [0.5, 0.6) is 0 Å². The second-order valence-electron chi connectivity index (χ2n) is 7.17. The van der Waals surface area contributed by atoms with Gasteiger partial charge in [0.2, 0.25) is 5.91 Å². The zero-order valence-corrected chi connectivity index (χ0v) is 16.5. The highest BCUT2D eigenvalue weighted by atomic mass is 16.1. The summed E-state index contributed by atoms with van der Waals surface area (Å²) in [6, 6.07) is 8.01. The normalized spacial score (nSPS) is 12.3. The number of H-pyrrole nitrogens is 1. The van der Waals surface area contributed by atoms with Crippen LogP contribution in [-0.4, -0.2) is 37.4 Å². The van der Waals surface area contributed by atoms with Gasteiger partial charge >= 0.3 is 0 Å². The molecule has 0 unspecified atom stereocenters. The predicted molar refractivity (Wildman–Crippen MR) is 115 cm³/mol. The number of rotatable bonds is 5. The van der Waals surface area contributed by atoms with E-state index in [0.717, 1.165) is 45.4 Å². The summed E-state index contributed by atoms with van der Waals surface area (Å²) < 4.78 is 0. The van der Waals surface area contributed by atoms with Crippen molar-refractivity contribution in [2.24, 2.45) is 0 Å². The summed E-state index contributed by atoms with van der Waals surface area (Å²) in [6.07, 6.45) is 10.6. The first-order valence-corrected chi connectivity index (χ1v) is 9.94. The molecule has 0 saturated heterocycles. The van der Waals surface area contributed by atoms with Crippen molar-refractivity contribution < 1.29 is 4.79 Å². The second-order valence-corrected chi connectivity index (χ2v) is 7.17. The Morgan fingerprint density at radius 3 is 2.83 bits per heavy atom. The Labute approximate surface area is 173 Å². The highest BCUT2D eigenvalue weighted by molar-refractivity contribution is 5.95. The van der Waals surface area contributed by atoms with E-state index >= 15 is 0 Å². The third-order valence-electron chi connectivity index (χ3n) is 5.09. The van der Waals surface area contributed by atoms with Gasteiger partial charge in [0, 0.05) is 42.7 Å². The molecule has 148 valence electrons. The van der Waals surface area contributed by atoms with Crippen LogP contribution in [0.2, 0.25) is 0 Å². The average Bonchev–Trinajstić information content (AvgIpc) is 3.39. The molecule has 0 fully saturated rings. The molecule has 3 heterocycles. The maximum Gasteiger partial charge on any atom is 0.227 e. The SMILES string of the molecule is CCNC(=O)Cc1nc2c(-c3ncccn3)cc(-c3cnc4c(c3)C=CC4)cc2[nH]1. The van der Waals surface area contributed by atoms with Crippen molar-refractivity contribution in [2.45, 2.75) is 19.8 Å². The fourth-order valence-electron chi connectivity index (χ4n) is 3.72. The molecular weight excluding hydrogens is 376 g/mol. The van der Waals surface area contributed by atoms with E-state index in [1.165, 1.54) is 0 Å². The Kier molecular flexibility index (Phi) is 4.55. The Morgan fingerprint density at radius 2 is 2.00 bits per heavy atom. The number of likely N-dealkylation sites (N-methyl/N-ethyl adjacent to an activating group) is 1. The lowest BCUT2D eigenvalue weighted by molar-refractivity contribution is -0.120. The third-order valence-corrected chi connectivity index (χ3v) is 5.09. The first-order valence-electron chi connectivity index (χ1n) is 9.94. The number of aromatic amines is 1. The summed E-state index contributed by atoms with van der Waals surface area (Å²) in [7, 11) is 0. The minimum atomic E-state index is -0.0658. The van der Waals surface area contributed by atoms with Crippen molar-refractivity contribution in [3.8, 4) is 22.5 Å². The van der Waals surface area contributed by atoms with Gasteiger partial charge in [-0.2, -0.15) is 0 Å². The number of imidazole rings is 1. The van der Waals surface area contributed by atoms with Crippen LogP contribution in [0.3, 0.4) is 0 Å². The molecule has 7 nitrogen and oxygen atoms in total. The maximum absolute atomic E-state index is 12.0. The van der Waals surface area contributed by atoms with Gasteiger partial charge in [-0.15, -0.1) is 0 Å². The molecule has 0 spiro atoms. The van der Waals surface area contributed by atoms with Crippen molar-refractivity contribution in [1.82, 2.24) is 30.2 Å². The fourth-order valence-corrected chi connectivity index (χ4v) is 3.72. The molecule has 2 N–H and O–H groups in total. The van der Waals surface area contributed by atoms with Crippen molar-refractivity contribution >= 4 is 23.0 Å². The fraction of sp³-hybridized carbons (Fsp3) is 0.174. The van der Waals surface area contributed by atoms with Crippen LogP contribution in [0, 0.1) is 0 Å². The van der Waals surface area contributed by atoms with E-state index in [1.54, 1.807) is 18.5 Å². The molecule has 0 atom stereocenters. The van der Waals surface area contributed by atoms with Gasteiger partial charge in [-0.1, -0.05) is 12.2 Å². The number of nitrogens with one attached hydrogen (secondary N) is 2. The molecule has 7 heteroatoms. The maximum atomic E-state index is 12.0. The smallest absolute Gasteiger partial charge is 0.227 e. The number of aromatic nitrogens is 5. The monoisotopic (exact) mass is 396 g/mol. The van der Waals surface area contributed by atoms with E-state index in [0.29, 0.717) is 18.2 Å². The minimum Gasteiger partial charge on any atom is -0.356 e. The van der Waals surface area contributed by atoms with Crippen LogP contribution in [0.15, 0.2) is 48.9 Å². The van der Waals surface area contributed by atoms with Gasteiger partial charge in [-0.3, -0.25) is 9.78 Å². The van der Waals surface area contributed by atoms with Crippen LogP contribution in [0.4, 0.5) is 0 Å². The Hall–Kier alpha value is -3.87. The first kappa shape index (κ1) is 18.2. The number of allylic oxidation sites excluding steroid dienone is 1. The highest BCUT2D eigenvalue weighted by Crippen LogP contribution is 2.32. The van der Waals surface area contributed by atoms with Crippen molar-refractivity contribution in [2.75, 3.05) is 6.54 Å². The largest absolute Gasteiger partial charge is 0.356 e. The van der Waals surface area contributed by atoms with Gasteiger partial charge in [0.15, 0.2) is 5.82 Å². The van der Waals surface area contributed by atoms with Gasteiger partial charge in [-0.05, 0) is 42.3 Å². The summed E-state index contributed by atoms with van der Waals surface area (Å²) in [4.78, 5) is 33.5. The summed E-state index contributed by atoms with van der Waals surface area (Å²) in [6.45, 7) is 2.49. The van der Waals surface area contributed by atoms with Crippen LogP contribution in [-0.2, 0) is 17.6 Å². The number of benzene rings is 1. The predicted octanol–water partition coefficient (Wildman–Crippen LogP) is 3.33. The molecule has 30 heavy (non-hydrogen) atoms. The number of carbonyl (C=O) groups is 1. The van der Waals surface area contributed by atoms with Gasteiger partial charge in [0.25, 0.3) is 0 Å². The van der Waals surface area contributed by atoms with Crippen LogP contribution < -0.4 is 5.32 Å². The van der Waals surface area contributed by atoms with E-state index in [9.17, 15) is 4.79 Å². The zero-order valence-electron chi connectivity index (χ0n) is 16.5. The zero-order chi connectivity index (χ0) is 20.5. The van der Waals surface area contributed by atoms with Crippen LogP contribution in [0.25, 0.3) is 39.6 Å². The quantitative estimate of drug-likeness (QED) is 0.539. The van der Waals surface area contributed by atoms with E-state index in [2.05, 4.69) is 48.5 Å². The number of fused-ring (bicyclic) bond motifs is 2. The number of nitrogens with zero attached hydrogens (tertiary/aromatic N) is 4. The lowest BCUT2D eigenvalue weighted by Gasteiger charge is -2.08. The van der Waals surface area contributed by atoms with Crippen molar-refractivity contribution in [3.05, 3.63) is 66.0 Å². The van der Waals surface area contributed by atoms with E-state index in [4.69, 9.17) is 0 Å². The molecule has 0 saturated carbocycles. The number of amides is 1. The van der Waals surface area contributed by atoms with Crippen LogP contribution in [0.1, 0.15) is 24.0 Å². The molecule has 3 aromatic heterocycles. The molecule has 0 bridgehead atoms. The molecule has 1 aromatic carbocycles. The molecule has 4 aromatic rings. The summed E-state index contributed by atoms with van der Waals surface area (Å²) >= 11 is 0. The van der Waals surface area contributed by atoms with E-state index in [1.807, 2.05) is 25.3 Å². The number of hydrogen-bond donors (Lipinski definition) is 2. The Bertz CT molecular complexity index is 1280. The second kappa shape index (κ2) is 7.51. The number of pyridine rings is 1. The highest BCUT2D eigenvalue weighted by Gasteiger charge is 2.16. The van der Waals surface area contributed by atoms with Gasteiger partial charge < -0.3 is 10.3 Å². The lowest BCUT2D eigenvalue weighted by Crippen LogP contribution is -2.24. The Morgan fingerprint density at radius 1 is 1.13 bits per heavy atom. The number of carbonyl (C=O) groups excluding carboxylic acids is 1. The molecule has 0 aliphatic heterocycles. The molecule has 1 aliphatic carbocycles. The Balaban J connectivity index is 1.65. The third kappa shape index (κ3) is 3.34. The number of hydrogen-bond acceptors (Lipinski definition) is 5. The molecular formula is C23H20N6O. The van der Waals surface area contributed by atoms with E-state index in [-0.39, 0.29) is 12.3 Å². The van der Waals surface area contributed by atoms with E-state index < -0.39 is 0 Å².